The van der Waals surface area contributed by atoms with Gasteiger partial charge < -0.3 is 15.8 Å². The zero-order valence-electron chi connectivity index (χ0n) is 12.2. The molecule has 0 heterocycles. The molecule has 0 aliphatic carbocycles. The number of rotatable bonds is 7. The Morgan fingerprint density at radius 2 is 2.00 bits per heavy atom. The summed E-state index contributed by atoms with van der Waals surface area (Å²) in [5.41, 5.74) is 5.09. The maximum Gasteiger partial charge on any atom is 0.228 e. The number of nitrogens with zero attached hydrogens (tertiary/aromatic N) is 2. The number of hydrogen-bond acceptors (Lipinski definition) is 3. The van der Waals surface area contributed by atoms with Gasteiger partial charge in [-0.1, -0.05) is 39.8 Å². The standard InChI is InChI=1S/C13H27N3O2/c1-6-13(4,5)12(17)16(9-10(2)3)8-7-11(14)15-18/h10,18H,6-9H2,1-5H3,(H2,14,15). The molecule has 18 heavy (non-hydrogen) atoms. The molecule has 1 amide bonds. The number of oxime groups is 1. The first-order valence-corrected chi connectivity index (χ1v) is 6.50. The molecule has 0 radical (unpaired) electrons. The molecule has 0 aromatic rings. The third kappa shape index (κ3) is 5.38. The van der Waals surface area contributed by atoms with Crippen LogP contribution in [0.25, 0.3) is 0 Å². The van der Waals surface area contributed by atoms with Crippen molar-refractivity contribution in [3.05, 3.63) is 0 Å². The SMILES string of the molecule is CCC(C)(C)C(=O)N(CCC(N)=NO)CC(C)C. The van der Waals surface area contributed by atoms with Crippen LogP contribution >= 0.6 is 0 Å². The van der Waals surface area contributed by atoms with Crippen LogP contribution in [-0.2, 0) is 4.79 Å². The van der Waals surface area contributed by atoms with E-state index in [2.05, 4.69) is 19.0 Å². The Kier molecular flexibility index (Phi) is 6.73. The molecule has 0 bridgehead atoms. The summed E-state index contributed by atoms with van der Waals surface area (Å²) in [5.74, 6) is 0.684. The summed E-state index contributed by atoms with van der Waals surface area (Å²) in [7, 11) is 0. The largest absolute Gasteiger partial charge is 0.409 e. The minimum atomic E-state index is -0.361. The predicted molar refractivity (Wildman–Crippen MR) is 73.5 cm³/mol. The molecular weight excluding hydrogens is 230 g/mol. The van der Waals surface area contributed by atoms with E-state index in [0.717, 1.165) is 6.42 Å². The van der Waals surface area contributed by atoms with Crippen LogP contribution in [0.5, 0.6) is 0 Å². The van der Waals surface area contributed by atoms with Crippen molar-refractivity contribution in [3.8, 4) is 0 Å². The highest BCUT2D eigenvalue weighted by Gasteiger charge is 2.30. The van der Waals surface area contributed by atoms with Crippen molar-refractivity contribution in [1.29, 1.82) is 0 Å². The number of amides is 1. The molecule has 5 nitrogen and oxygen atoms in total. The van der Waals surface area contributed by atoms with E-state index in [1.54, 1.807) is 0 Å². The van der Waals surface area contributed by atoms with Gasteiger partial charge in [0, 0.05) is 24.9 Å². The van der Waals surface area contributed by atoms with Gasteiger partial charge in [0.05, 0.1) is 0 Å². The van der Waals surface area contributed by atoms with Crippen molar-refractivity contribution in [2.75, 3.05) is 13.1 Å². The molecule has 106 valence electrons. The van der Waals surface area contributed by atoms with Gasteiger partial charge in [0.1, 0.15) is 5.84 Å². The fraction of sp³-hybridized carbons (Fsp3) is 0.846. The van der Waals surface area contributed by atoms with E-state index in [1.165, 1.54) is 0 Å². The molecule has 0 aliphatic heterocycles. The molecule has 0 fully saturated rings. The fourth-order valence-electron chi connectivity index (χ4n) is 1.60. The second kappa shape index (κ2) is 7.24. The van der Waals surface area contributed by atoms with Crippen molar-refractivity contribution in [3.63, 3.8) is 0 Å². The molecular formula is C13H27N3O2. The molecule has 0 atom stereocenters. The molecule has 0 aromatic carbocycles. The lowest BCUT2D eigenvalue weighted by atomic mass is 9.88. The Labute approximate surface area is 110 Å². The van der Waals surface area contributed by atoms with Gasteiger partial charge in [-0.25, -0.2) is 0 Å². The molecule has 5 heteroatoms. The zero-order valence-corrected chi connectivity index (χ0v) is 12.2. The first-order valence-electron chi connectivity index (χ1n) is 6.50. The minimum absolute atomic E-state index is 0.129. The van der Waals surface area contributed by atoms with Crippen LogP contribution in [-0.4, -0.2) is 34.9 Å². The molecule has 0 saturated carbocycles. The van der Waals surface area contributed by atoms with E-state index < -0.39 is 0 Å². The number of carbonyl (C=O) groups excluding carboxylic acids is 1. The third-order valence-electron chi connectivity index (χ3n) is 3.10. The molecule has 0 aromatic heterocycles. The molecule has 0 rings (SSSR count). The smallest absolute Gasteiger partial charge is 0.228 e. The van der Waals surface area contributed by atoms with Crippen molar-refractivity contribution < 1.29 is 10.0 Å². The fourth-order valence-corrected chi connectivity index (χ4v) is 1.60. The quantitative estimate of drug-likeness (QED) is 0.317. The molecule has 3 N–H and O–H groups in total. The van der Waals surface area contributed by atoms with E-state index in [1.807, 2.05) is 25.7 Å². The highest BCUT2D eigenvalue weighted by molar-refractivity contribution is 5.83. The van der Waals surface area contributed by atoms with Crippen molar-refractivity contribution in [2.24, 2.45) is 22.2 Å². The van der Waals surface area contributed by atoms with Gasteiger partial charge in [0.15, 0.2) is 0 Å². The maximum absolute atomic E-state index is 12.4. The Morgan fingerprint density at radius 1 is 1.44 bits per heavy atom. The Morgan fingerprint density at radius 3 is 2.39 bits per heavy atom. The molecule has 0 aliphatic rings. The van der Waals surface area contributed by atoms with Gasteiger partial charge in [-0.05, 0) is 12.3 Å². The number of amidine groups is 1. The molecule has 0 spiro atoms. The average Bonchev–Trinajstić information content (AvgIpc) is 2.32. The summed E-state index contributed by atoms with van der Waals surface area (Å²) in [5, 5.41) is 11.5. The zero-order chi connectivity index (χ0) is 14.3. The topological polar surface area (TPSA) is 78.9 Å². The van der Waals surface area contributed by atoms with Crippen LogP contribution in [0.1, 0.15) is 47.5 Å². The summed E-state index contributed by atoms with van der Waals surface area (Å²) < 4.78 is 0. The third-order valence-corrected chi connectivity index (χ3v) is 3.10. The second-order valence-corrected chi connectivity index (χ2v) is 5.72. The minimum Gasteiger partial charge on any atom is -0.409 e. The van der Waals surface area contributed by atoms with E-state index in [9.17, 15) is 4.79 Å². The summed E-state index contributed by atoms with van der Waals surface area (Å²) in [4.78, 5) is 14.2. The highest BCUT2D eigenvalue weighted by atomic mass is 16.4. The van der Waals surface area contributed by atoms with E-state index in [0.29, 0.717) is 25.4 Å². The first-order chi connectivity index (χ1) is 8.24. The van der Waals surface area contributed by atoms with Crippen LogP contribution < -0.4 is 5.73 Å². The van der Waals surface area contributed by atoms with Crippen molar-refractivity contribution >= 4 is 11.7 Å². The Bertz CT molecular complexity index is 299. The summed E-state index contributed by atoms with van der Waals surface area (Å²) in [6, 6.07) is 0. The van der Waals surface area contributed by atoms with Gasteiger partial charge in [-0.15, -0.1) is 0 Å². The molecule has 0 saturated heterocycles. The van der Waals surface area contributed by atoms with E-state index in [4.69, 9.17) is 10.9 Å². The normalized spacial score (nSPS) is 12.9. The lowest BCUT2D eigenvalue weighted by molar-refractivity contribution is -0.141. The predicted octanol–water partition coefficient (Wildman–Crippen LogP) is 2.04. The average molecular weight is 257 g/mol. The maximum atomic E-state index is 12.4. The van der Waals surface area contributed by atoms with Crippen LogP contribution in [0.2, 0.25) is 0 Å². The van der Waals surface area contributed by atoms with E-state index in [-0.39, 0.29) is 17.2 Å². The van der Waals surface area contributed by atoms with Crippen LogP contribution in [0.3, 0.4) is 0 Å². The number of carbonyl (C=O) groups is 1. The van der Waals surface area contributed by atoms with Crippen LogP contribution in [0.15, 0.2) is 5.16 Å². The highest BCUT2D eigenvalue weighted by Crippen LogP contribution is 2.23. The second-order valence-electron chi connectivity index (χ2n) is 5.72. The lowest BCUT2D eigenvalue weighted by Crippen LogP contribution is -2.43. The monoisotopic (exact) mass is 257 g/mol. The number of nitrogens with two attached hydrogens (primary N) is 1. The van der Waals surface area contributed by atoms with Gasteiger partial charge in [-0.2, -0.15) is 0 Å². The summed E-state index contributed by atoms with van der Waals surface area (Å²) >= 11 is 0. The van der Waals surface area contributed by atoms with E-state index >= 15 is 0 Å². The lowest BCUT2D eigenvalue weighted by Gasteiger charge is -2.32. The Hall–Kier alpha value is -1.26. The van der Waals surface area contributed by atoms with Crippen LogP contribution in [0.4, 0.5) is 0 Å². The number of hydrogen-bond donors (Lipinski definition) is 2. The van der Waals surface area contributed by atoms with Crippen molar-refractivity contribution in [1.82, 2.24) is 4.90 Å². The van der Waals surface area contributed by atoms with Crippen molar-refractivity contribution in [2.45, 2.75) is 47.5 Å². The van der Waals surface area contributed by atoms with Gasteiger partial charge in [0.25, 0.3) is 0 Å². The molecule has 0 unspecified atom stereocenters. The van der Waals surface area contributed by atoms with Gasteiger partial charge in [0.2, 0.25) is 5.91 Å². The Balaban J connectivity index is 4.72. The van der Waals surface area contributed by atoms with Gasteiger partial charge >= 0.3 is 0 Å². The summed E-state index contributed by atoms with van der Waals surface area (Å²) in [6.07, 6.45) is 1.19. The summed E-state index contributed by atoms with van der Waals surface area (Å²) in [6.45, 7) is 11.2. The van der Waals surface area contributed by atoms with Gasteiger partial charge in [-0.3, -0.25) is 4.79 Å². The van der Waals surface area contributed by atoms with Crippen LogP contribution in [0, 0.1) is 11.3 Å². The first kappa shape index (κ1) is 16.7.